The van der Waals surface area contributed by atoms with Crippen molar-refractivity contribution in [1.29, 1.82) is 0 Å². The first-order chi connectivity index (χ1) is 15.8. The molecule has 0 bridgehead atoms. The van der Waals surface area contributed by atoms with Crippen LogP contribution in [0.2, 0.25) is 0 Å². The molecule has 1 aliphatic heterocycles. The van der Waals surface area contributed by atoms with Gasteiger partial charge in [-0.3, -0.25) is 14.6 Å². The van der Waals surface area contributed by atoms with E-state index >= 15 is 0 Å². The second-order valence-electron chi connectivity index (χ2n) is 7.31. The zero-order valence-corrected chi connectivity index (χ0v) is 16.9. The second kappa shape index (κ2) is 8.01. The number of H-pyrrole nitrogens is 1. The standard InChI is InChI=1S/C22H16F3N5O3/c23-22(24,25)15-3-1-2-13(6-15)10-30-11-16(9-26-30)27-21(31)18-8-17(28-29-18)14-4-5-19-20(7-14)33-12-32-19/h1-9,11H,10,12H2,(H,27,31)(H,28,29). The topological polar surface area (TPSA) is 94.1 Å². The van der Waals surface area contributed by atoms with Crippen molar-refractivity contribution in [2.75, 3.05) is 12.1 Å². The van der Waals surface area contributed by atoms with Crippen molar-refractivity contribution in [1.82, 2.24) is 20.0 Å². The number of carbonyl (C=O) groups is 1. The zero-order chi connectivity index (χ0) is 23.0. The van der Waals surface area contributed by atoms with E-state index < -0.39 is 17.6 Å². The number of fused-ring (bicyclic) bond motifs is 1. The number of aromatic nitrogens is 4. The smallest absolute Gasteiger partial charge is 0.416 e. The first kappa shape index (κ1) is 20.6. The van der Waals surface area contributed by atoms with Gasteiger partial charge in [-0.05, 0) is 42.0 Å². The molecule has 0 radical (unpaired) electrons. The summed E-state index contributed by atoms with van der Waals surface area (Å²) in [4.78, 5) is 12.6. The molecule has 0 fully saturated rings. The van der Waals surface area contributed by atoms with Crippen molar-refractivity contribution >= 4 is 11.6 Å². The van der Waals surface area contributed by atoms with Gasteiger partial charge in [0.25, 0.3) is 5.91 Å². The molecular weight excluding hydrogens is 439 g/mol. The van der Waals surface area contributed by atoms with Gasteiger partial charge in [0.05, 0.1) is 29.7 Å². The maximum Gasteiger partial charge on any atom is 0.416 e. The lowest BCUT2D eigenvalue weighted by atomic mass is 10.1. The van der Waals surface area contributed by atoms with Crippen molar-refractivity contribution in [3.05, 3.63) is 77.7 Å². The maximum absolute atomic E-state index is 12.9. The van der Waals surface area contributed by atoms with E-state index in [1.54, 1.807) is 24.3 Å². The van der Waals surface area contributed by atoms with Crippen LogP contribution in [0.5, 0.6) is 11.5 Å². The van der Waals surface area contributed by atoms with Gasteiger partial charge < -0.3 is 14.8 Å². The Morgan fingerprint density at radius 1 is 1.12 bits per heavy atom. The zero-order valence-electron chi connectivity index (χ0n) is 16.9. The van der Waals surface area contributed by atoms with Crippen molar-refractivity contribution in [3.8, 4) is 22.8 Å². The summed E-state index contributed by atoms with van der Waals surface area (Å²) < 4.78 is 50.8. The quantitative estimate of drug-likeness (QED) is 0.468. The van der Waals surface area contributed by atoms with Crippen LogP contribution in [0.1, 0.15) is 21.6 Å². The summed E-state index contributed by atoms with van der Waals surface area (Å²) in [6.07, 6.45) is -1.46. The fourth-order valence-electron chi connectivity index (χ4n) is 3.39. The second-order valence-corrected chi connectivity index (χ2v) is 7.31. The number of amides is 1. The number of aromatic amines is 1. The molecule has 2 aromatic carbocycles. The van der Waals surface area contributed by atoms with Crippen molar-refractivity contribution in [2.24, 2.45) is 0 Å². The van der Waals surface area contributed by atoms with Gasteiger partial charge in [-0.25, -0.2) is 0 Å². The molecule has 0 spiro atoms. The van der Waals surface area contributed by atoms with Crippen LogP contribution in [0.25, 0.3) is 11.3 Å². The number of rotatable bonds is 5. The summed E-state index contributed by atoms with van der Waals surface area (Å²) in [5, 5.41) is 13.7. The van der Waals surface area contributed by atoms with Gasteiger partial charge in [0.2, 0.25) is 6.79 Å². The molecule has 1 aliphatic rings. The van der Waals surface area contributed by atoms with Crippen LogP contribution in [0.15, 0.2) is 60.9 Å². The van der Waals surface area contributed by atoms with Crippen molar-refractivity contribution < 1.29 is 27.4 Å². The average Bonchev–Trinajstić information content (AvgIpc) is 3.54. The van der Waals surface area contributed by atoms with E-state index in [-0.39, 0.29) is 19.0 Å². The highest BCUT2D eigenvalue weighted by Gasteiger charge is 2.30. The van der Waals surface area contributed by atoms with Gasteiger partial charge in [0.15, 0.2) is 11.5 Å². The number of anilines is 1. The third-order valence-corrected chi connectivity index (χ3v) is 4.98. The highest BCUT2D eigenvalue weighted by atomic mass is 19.4. The Morgan fingerprint density at radius 2 is 1.97 bits per heavy atom. The molecule has 11 heteroatoms. The fraction of sp³-hybridized carbons (Fsp3) is 0.136. The molecule has 4 aromatic rings. The number of carbonyl (C=O) groups excluding carboxylic acids is 1. The first-order valence-electron chi connectivity index (χ1n) is 9.80. The molecule has 0 aliphatic carbocycles. The molecule has 0 saturated carbocycles. The van der Waals surface area contributed by atoms with Crippen LogP contribution in [-0.4, -0.2) is 32.7 Å². The van der Waals surface area contributed by atoms with Crippen LogP contribution < -0.4 is 14.8 Å². The van der Waals surface area contributed by atoms with Crippen LogP contribution in [0, 0.1) is 0 Å². The number of halogens is 3. The highest BCUT2D eigenvalue weighted by Crippen LogP contribution is 2.35. The molecule has 3 heterocycles. The summed E-state index contributed by atoms with van der Waals surface area (Å²) >= 11 is 0. The molecule has 5 rings (SSSR count). The normalized spacial score (nSPS) is 12.7. The number of ether oxygens (including phenoxy) is 2. The van der Waals surface area contributed by atoms with E-state index in [4.69, 9.17) is 9.47 Å². The number of nitrogens with zero attached hydrogens (tertiary/aromatic N) is 3. The lowest BCUT2D eigenvalue weighted by molar-refractivity contribution is -0.137. The van der Waals surface area contributed by atoms with Crippen LogP contribution >= 0.6 is 0 Å². The molecule has 2 N–H and O–H groups in total. The number of hydrogen-bond acceptors (Lipinski definition) is 5. The Labute approximate surface area is 184 Å². The van der Waals surface area contributed by atoms with E-state index in [0.717, 1.165) is 17.7 Å². The Hall–Kier alpha value is -4.28. The van der Waals surface area contributed by atoms with Crippen molar-refractivity contribution in [3.63, 3.8) is 0 Å². The third kappa shape index (κ3) is 4.38. The maximum atomic E-state index is 12.9. The molecule has 2 aromatic heterocycles. The minimum Gasteiger partial charge on any atom is -0.454 e. The lowest BCUT2D eigenvalue weighted by Crippen LogP contribution is -2.12. The predicted molar refractivity (Wildman–Crippen MR) is 111 cm³/mol. The number of hydrogen-bond donors (Lipinski definition) is 2. The van der Waals surface area contributed by atoms with Gasteiger partial charge in [0.1, 0.15) is 5.69 Å². The molecule has 0 saturated heterocycles. The van der Waals surface area contributed by atoms with E-state index in [9.17, 15) is 18.0 Å². The molecule has 0 unspecified atom stereocenters. The van der Waals surface area contributed by atoms with E-state index in [1.165, 1.54) is 23.1 Å². The SMILES string of the molecule is O=C(Nc1cnn(Cc2cccc(C(F)(F)F)c2)c1)c1cc(-c2ccc3c(c2)OCO3)n[nH]1. The largest absolute Gasteiger partial charge is 0.454 e. The number of alkyl halides is 3. The van der Waals surface area contributed by atoms with Gasteiger partial charge in [-0.2, -0.15) is 23.4 Å². The average molecular weight is 455 g/mol. The molecule has 0 atom stereocenters. The van der Waals surface area contributed by atoms with Crippen LogP contribution in [-0.2, 0) is 12.7 Å². The molecule has 8 nitrogen and oxygen atoms in total. The Balaban J connectivity index is 1.25. The highest BCUT2D eigenvalue weighted by molar-refractivity contribution is 6.03. The summed E-state index contributed by atoms with van der Waals surface area (Å²) in [6.45, 7) is 0.284. The van der Waals surface area contributed by atoms with Crippen molar-refractivity contribution in [2.45, 2.75) is 12.7 Å². The molecular formula is C22H16F3N5O3. The van der Waals surface area contributed by atoms with Crippen LogP contribution in [0.4, 0.5) is 18.9 Å². The summed E-state index contributed by atoms with van der Waals surface area (Å²) in [5.41, 5.74) is 1.65. The minimum absolute atomic E-state index is 0.123. The minimum atomic E-state index is -4.41. The van der Waals surface area contributed by atoms with E-state index in [2.05, 4.69) is 20.6 Å². The molecule has 168 valence electrons. The Kier molecular flexibility index (Phi) is 5.00. The fourth-order valence-corrected chi connectivity index (χ4v) is 3.39. The Bertz CT molecular complexity index is 1330. The van der Waals surface area contributed by atoms with E-state index in [1.807, 2.05) is 6.07 Å². The van der Waals surface area contributed by atoms with Gasteiger partial charge in [-0.15, -0.1) is 0 Å². The summed E-state index contributed by atoms with van der Waals surface area (Å²) in [6, 6.07) is 12.0. The lowest BCUT2D eigenvalue weighted by Gasteiger charge is -2.08. The van der Waals surface area contributed by atoms with Gasteiger partial charge in [0, 0.05) is 11.8 Å². The monoisotopic (exact) mass is 455 g/mol. The first-order valence-corrected chi connectivity index (χ1v) is 9.80. The van der Waals surface area contributed by atoms with E-state index in [0.29, 0.717) is 28.4 Å². The Morgan fingerprint density at radius 3 is 2.82 bits per heavy atom. The molecule has 1 amide bonds. The predicted octanol–water partition coefficient (Wildman–Crippen LogP) is 4.32. The third-order valence-electron chi connectivity index (χ3n) is 4.98. The number of benzene rings is 2. The number of nitrogens with one attached hydrogen (secondary N) is 2. The van der Waals surface area contributed by atoms with Gasteiger partial charge >= 0.3 is 6.18 Å². The molecule has 33 heavy (non-hydrogen) atoms. The van der Waals surface area contributed by atoms with Crippen LogP contribution in [0.3, 0.4) is 0 Å². The summed E-state index contributed by atoms with van der Waals surface area (Å²) in [7, 11) is 0. The summed E-state index contributed by atoms with van der Waals surface area (Å²) in [5.74, 6) is 0.817. The van der Waals surface area contributed by atoms with Gasteiger partial charge in [-0.1, -0.05) is 12.1 Å².